The zero-order valence-corrected chi connectivity index (χ0v) is 14.6. The number of hydrogen-bond acceptors (Lipinski definition) is 4. The van der Waals surface area contributed by atoms with E-state index in [9.17, 15) is 4.79 Å². The highest BCUT2D eigenvalue weighted by Crippen LogP contribution is 2.34. The molecule has 0 saturated heterocycles. The first-order valence-corrected chi connectivity index (χ1v) is 8.28. The Hall–Kier alpha value is -2.73. The second-order valence-electron chi connectivity index (χ2n) is 6.53. The molecular weight excluding hydrogens is 338 g/mol. The highest BCUT2D eigenvalue weighted by Gasteiger charge is 2.44. The summed E-state index contributed by atoms with van der Waals surface area (Å²) in [5.41, 5.74) is 2.61. The van der Waals surface area contributed by atoms with Crippen LogP contribution >= 0.6 is 11.6 Å². The van der Waals surface area contributed by atoms with Gasteiger partial charge in [0.25, 0.3) is 5.91 Å². The van der Waals surface area contributed by atoms with Gasteiger partial charge in [-0.2, -0.15) is 10.2 Å². The van der Waals surface area contributed by atoms with E-state index in [1.165, 1.54) is 5.01 Å². The molecule has 126 valence electrons. The monoisotopic (exact) mass is 353 g/mol. The van der Waals surface area contributed by atoms with Crippen molar-refractivity contribution in [1.29, 1.82) is 0 Å². The molecule has 4 heterocycles. The lowest BCUT2D eigenvalue weighted by molar-refractivity contribution is -0.135. The number of carbonyl (C=O) groups excluding carboxylic acids is 1. The van der Waals surface area contributed by atoms with E-state index in [-0.39, 0.29) is 5.91 Å². The average Bonchev–Trinajstić information content (AvgIpc) is 3.09. The summed E-state index contributed by atoms with van der Waals surface area (Å²) in [6.45, 7) is 4.16. The molecule has 0 fully saturated rings. The number of pyridine rings is 2. The Balaban J connectivity index is 1.76. The number of aromatic nitrogens is 3. The summed E-state index contributed by atoms with van der Waals surface area (Å²) < 4.78 is 1.70. The number of nitrogens with zero attached hydrogens (tertiary/aromatic N) is 5. The molecule has 1 aliphatic heterocycles. The average molecular weight is 354 g/mol. The van der Waals surface area contributed by atoms with E-state index < -0.39 is 5.41 Å². The number of rotatable bonds is 3. The maximum absolute atomic E-state index is 12.9. The number of fused-ring (bicyclic) bond motifs is 1. The first kappa shape index (κ1) is 15.8. The fourth-order valence-corrected chi connectivity index (χ4v) is 3.17. The largest absolute Gasteiger partial charge is 0.272 e. The van der Waals surface area contributed by atoms with Crippen LogP contribution in [0.1, 0.15) is 25.0 Å². The second-order valence-corrected chi connectivity index (χ2v) is 6.97. The predicted octanol–water partition coefficient (Wildman–Crippen LogP) is 3.16. The summed E-state index contributed by atoms with van der Waals surface area (Å²) in [4.78, 5) is 17.0. The van der Waals surface area contributed by atoms with Crippen LogP contribution in [0.3, 0.4) is 0 Å². The van der Waals surface area contributed by atoms with Gasteiger partial charge in [-0.3, -0.25) is 9.78 Å². The summed E-state index contributed by atoms with van der Waals surface area (Å²) >= 11 is 6.02. The lowest BCUT2D eigenvalue weighted by atomic mass is 9.84. The van der Waals surface area contributed by atoms with Crippen molar-refractivity contribution >= 4 is 28.7 Å². The smallest absolute Gasteiger partial charge is 0.254 e. The third-order valence-electron chi connectivity index (χ3n) is 4.37. The molecule has 0 saturated carbocycles. The van der Waals surface area contributed by atoms with Crippen LogP contribution in [0.2, 0.25) is 5.02 Å². The minimum Gasteiger partial charge on any atom is -0.272 e. The molecule has 0 aromatic carbocycles. The Morgan fingerprint density at radius 3 is 2.80 bits per heavy atom. The molecule has 4 rings (SSSR count). The minimum absolute atomic E-state index is 0.0420. The molecule has 0 spiro atoms. The van der Waals surface area contributed by atoms with Crippen molar-refractivity contribution in [3.63, 3.8) is 0 Å². The quantitative estimate of drug-likeness (QED) is 0.726. The standard InChI is InChI=1S/C18H16ClN5O/c1-18(2)16(14-9-21-23-11-13(19)5-6-15(14)23)22-24(17(18)25)10-12-4-3-7-20-8-12/h3-9,11H,10H2,1-2H3. The van der Waals surface area contributed by atoms with Gasteiger partial charge < -0.3 is 0 Å². The number of carbonyl (C=O) groups is 1. The van der Waals surface area contributed by atoms with Gasteiger partial charge in [-0.1, -0.05) is 17.7 Å². The van der Waals surface area contributed by atoms with Gasteiger partial charge >= 0.3 is 0 Å². The molecule has 0 atom stereocenters. The highest BCUT2D eigenvalue weighted by atomic mass is 35.5. The van der Waals surface area contributed by atoms with Crippen molar-refractivity contribution in [2.24, 2.45) is 10.5 Å². The summed E-state index contributed by atoms with van der Waals surface area (Å²) in [5.74, 6) is -0.0420. The van der Waals surface area contributed by atoms with Crippen LogP contribution in [0.4, 0.5) is 0 Å². The number of halogens is 1. The number of amides is 1. The van der Waals surface area contributed by atoms with Crippen LogP contribution in [0.15, 0.2) is 54.2 Å². The van der Waals surface area contributed by atoms with Gasteiger partial charge in [0.1, 0.15) is 0 Å². The maximum Gasteiger partial charge on any atom is 0.254 e. The van der Waals surface area contributed by atoms with Gasteiger partial charge in [0.2, 0.25) is 0 Å². The molecule has 3 aromatic heterocycles. The molecule has 0 radical (unpaired) electrons. The van der Waals surface area contributed by atoms with E-state index in [4.69, 9.17) is 11.6 Å². The van der Waals surface area contributed by atoms with Gasteiger partial charge in [0.15, 0.2) is 0 Å². The summed E-state index contributed by atoms with van der Waals surface area (Å²) in [6, 6.07) is 7.47. The molecule has 0 bridgehead atoms. The maximum atomic E-state index is 12.9. The number of hydrogen-bond donors (Lipinski definition) is 0. The molecule has 6 nitrogen and oxygen atoms in total. The van der Waals surface area contributed by atoms with Crippen molar-refractivity contribution in [2.75, 3.05) is 0 Å². The normalized spacial score (nSPS) is 16.5. The molecular formula is C18H16ClN5O. The van der Waals surface area contributed by atoms with E-state index in [2.05, 4.69) is 15.2 Å². The Kier molecular flexibility index (Phi) is 3.58. The second kappa shape index (κ2) is 5.67. The van der Waals surface area contributed by atoms with E-state index in [0.717, 1.165) is 16.6 Å². The van der Waals surface area contributed by atoms with Crippen LogP contribution in [0, 0.1) is 5.41 Å². The molecule has 0 aliphatic carbocycles. The van der Waals surface area contributed by atoms with Gasteiger partial charge in [0.05, 0.1) is 34.4 Å². The van der Waals surface area contributed by atoms with Crippen LogP contribution in [-0.2, 0) is 11.3 Å². The third kappa shape index (κ3) is 2.59. The van der Waals surface area contributed by atoms with Crippen molar-refractivity contribution in [2.45, 2.75) is 20.4 Å². The Labute approximate surface area is 149 Å². The minimum atomic E-state index is -0.731. The van der Waals surface area contributed by atoms with Gasteiger partial charge in [-0.25, -0.2) is 9.52 Å². The van der Waals surface area contributed by atoms with E-state index in [0.29, 0.717) is 17.3 Å². The topological polar surface area (TPSA) is 62.9 Å². The van der Waals surface area contributed by atoms with E-state index >= 15 is 0 Å². The van der Waals surface area contributed by atoms with Gasteiger partial charge in [0, 0.05) is 24.2 Å². The molecule has 3 aromatic rings. The SMILES string of the molecule is CC1(C)C(=O)N(Cc2cccnc2)N=C1c1cnn2cc(Cl)ccc12. The molecule has 1 aliphatic rings. The first-order valence-electron chi connectivity index (χ1n) is 7.90. The molecule has 0 N–H and O–H groups in total. The van der Waals surface area contributed by atoms with E-state index in [1.807, 2.05) is 32.0 Å². The fraction of sp³-hybridized carbons (Fsp3) is 0.222. The van der Waals surface area contributed by atoms with Crippen molar-refractivity contribution in [3.8, 4) is 0 Å². The zero-order valence-electron chi connectivity index (χ0n) is 13.8. The molecule has 25 heavy (non-hydrogen) atoms. The van der Waals surface area contributed by atoms with Gasteiger partial charge in [-0.15, -0.1) is 0 Å². The highest BCUT2D eigenvalue weighted by molar-refractivity contribution is 6.30. The zero-order chi connectivity index (χ0) is 17.6. The Morgan fingerprint density at radius 2 is 2.04 bits per heavy atom. The number of hydrazone groups is 1. The third-order valence-corrected chi connectivity index (χ3v) is 4.60. The summed E-state index contributed by atoms with van der Waals surface area (Å²) in [5, 5.41) is 11.1. The van der Waals surface area contributed by atoms with Crippen LogP contribution in [0.25, 0.3) is 5.52 Å². The Morgan fingerprint density at radius 1 is 1.20 bits per heavy atom. The van der Waals surface area contributed by atoms with Crippen LogP contribution in [0.5, 0.6) is 0 Å². The van der Waals surface area contributed by atoms with Crippen molar-refractivity contribution in [1.82, 2.24) is 19.6 Å². The van der Waals surface area contributed by atoms with Crippen molar-refractivity contribution < 1.29 is 4.79 Å². The lowest BCUT2D eigenvalue weighted by Crippen LogP contribution is -2.34. The van der Waals surface area contributed by atoms with Gasteiger partial charge in [-0.05, 0) is 37.6 Å². The molecule has 1 amide bonds. The fourth-order valence-electron chi connectivity index (χ4n) is 3.02. The lowest BCUT2D eigenvalue weighted by Gasteiger charge is -2.19. The summed E-state index contributed by atoms with van der Waals surface area (Å²) in [6.07, 6.45) is 6.91. The summed E-state index contributed by atoms with van der Waals surface area (Å²) in [7, 11) is 0. The van der Waals surface area contributed by atoms with Crippen molar-refractivity contribution in [3.05, 3.63) is 65.2 Å². The Bertz CT molecular complexity index is 993. The van der Waals surface area contributed by atoms with Crippen LogP contribution in [-0.4, -0.2) is 31.2 Å². The molecule has 7 heteroatoms. The van der Waals surface area contributed by atoms with Crippen LogP contribution < -0.4 is 0 Å². The molecule has 0 unspecified atom stereocenters. The predicted molar refractivity (Wildman–Crippen MR) is 95.3 cm³/mol. The van der Waals surface area contributed by atoms with E-state index in [1.54, 1.807) is 35.4 Å². The first-order chi connectivity index (χ1) is 12.0.